The number of nitrogens with zero attached hydrogens (tertiary/aromatic N) is 2. The highest BCUT2D eigenvalue weighted by Crippen LogP contribution is 2.22. The van der Waals surface area contributed by atoms with E-state index in [1.807, 2.05) is 0 Å². The van der Waals surface area contributed by atoms with E-state index in [1.165, 1.54) is 42.5 Å². The van der Waals surface area contributed by atoms with Crippen molar-refractivity contribution in [1.82, 2.24) is 9.47 Å². The molecule has 2 nitrogen and oxygen atoms in total. The van der Waals surface area contributed by atoms with E-state index < -0.39 is 0 Å². The second-order valence-corrected chi connectivity index (χ2v) is 5.74. The number of benzene rings is 1. The highest BCUT2D eigenvalue weighted by Gasteiger charge is 2.17. The van der Waals surface area contributed by atoms with Gasteiger partial charge in [-0.3, -0.25) is 4.90 Å². The second-order valence-electron chi connectivity index (χ2n) is 5.74. The average molecular weight is 242 g/mol. The Morgan fingerprint density at radius 2 is 2.11 bits per heavy atom. The summed E-state index contributed by atoms with van der Waals surface area (Å²) < 4.78 is 2.34. The molecule has 1 aliphatic heterocycles. The van der Waals surface area contributed by atoms with Crippen molar-refractivity contribution in [1.29, 1.82) is 0 Å². The van der Waals surface area contributed by atoms with E-state index >= 15 is 0 Å². The number of piperidine rings is 1. The maximum Gasteiger partial charge on any atom is 0.0480 e. The molecular formula is C16H22N2. The molecule has 18 heavy (non-hydrogen) atoms. The number of fused-ring (bicyclic) bond motifs is 1. The molecule has 1 aliphatic rings. The van der Waals surface area contributed by atoms with Gasteiger partial charge in [0.25, 0.3) is 0 Å². The molecule has 1 aromatic heterocycles. The van der Waals surface area contributed by atoms with Crippen LogP contribution >= 0.6 is 0 Å². The summed E-state index contributed by atoms with van der Waals surface area (Å²) in [6.45, 7) is 5.97. The Hall–Kier alpha value is -1.28. The molecule has 1 atom stereocenters. The van der Waals surface area contributed by atoms with Crippen LogP contribution in [0, 0.1) is 5.92 Å². The number of para-hydroxylation sites is 1. The monoisotopic (exact) mass is 242 g/mol. The zero-order valence-electron chi connectivity index (χ0n) is 11.4. The summed E-state index contributed by atoms with van der Waals surface area (Å²) in [5.74, 6) is 0.855. The zero-order chi connectivity index (χ0) is 12.5. The van der Waals surface area contributed by atoms with Gasteiger partial charge < -0.3 is 4.57 Å². The quantitative estimate of drug-likeness (QED) is 0.783. The zero-order valence-corrected chi connectivity index (χ0v) is 11.4. The van der Waals surface area contributed by atoms with Crippen molar-refractivity contribution in [3.8, 4) is 0 Å². The topological polar surface area (TPSA) is 8.17 Å². The van der Waals surface area contributed by atoms with E-state index in [0.717, 1.165) is 12.5 Å². The highest BCUT2D eigenvalue weighted by molar-refractivity contribution is 5.81. The van der Waals surface area contributed by atoms with Crippen LogP contribution in [0.1, 0.15) is 25.5 Å². The fourth-order valence-corrected chi connectivity index (χ4v) is 3.16. The molecule has 0 unspecified atom stereocenters. The summed E-state index contributed by atoms with van der Waals surface area (Å²) in [4.78, 5) is 2.60. The second kappa shape index (κ2) is 4.77. The largest absolute Gasteiger partial charge is 0.346 e. The maximum atomic E-state index is 2.60. The van der Waals surface area contributed by atoms with Crippen LogP contribution in [0.5, 0.6) is 0 Å². The van der Waals surface area contributed by atoms with Gasteiger partial charge in [0.05, 0.1) is 0 Å². The SMILES string of the molecule is C[C@@H]1CCCN(Cc2cc3ccccc3n2C)C1. The minimum absolute atomic E-state index is 0.855. The van der Waals surface area contributed by atoms with E-state index in [2.05, 4.69) is 53.8 Å². The summed E-state index contributed by atoms with van der Waals surface area (Å²) >= 11 is 0. The molecule has 0 bridgehead atoms. The molecule has 2 aromatic rings. The molecule has 2 heteroatoms. The van der Waals surface area contributed by atoms with E-state index in [9.17, 15) is 0 Å². The average Bonchev–Trinajstić information content (AvgIpc) is 2.67. The van der Waals surface area contributed by atoms with E-state index in [0.29, 0.717) is 0 Å². The molecule has 0 radical (unpaired) electrons. The summed E-state index contributed by atoms with van der Waals surface area (Å²) in [6, 6.07) is 11.0. The lowest BCUT2D eigenvalue weighted by molar-refractivity contribution is 0.173. The fraction of sp³-hybridized carbons (Fsp3) is 0.500. The molecule has 1 fully saturated rings. The number of hydrogen-bond donors (Lipinski definition) is 0. The molecule has 2 heterocycles. The molecule has 96 valence electrons. The Morgan fingerprint density at radius 1 is 1.28 bits per heavy atom. The molecular weight excluding hydrogens is 220 g/mol. The fourth-order valence-electron chi connectivity index (χ4n) is 3.16. The molecule has 1 aromatic carbocycles. The molecule has 3 rings (SSSR count). The normalized spacial score (nSPS) is 21.6. The first kappa shape index (κ1) is 11.8. The number of aryl methyl sites for hydroxylation is 1. The van der Waals surface area contributed by atoms with Crippen molar-refractivity contribution >= 4 is 10.9 Å². The molecule has 0 aliphatic carbocycles. The highest BCUT2D eigenvalue weighted by atomic mass is 15.1. The Morgan fingerprint density at radius 3 is 2.89 bits per heavy atom. The molecule has 0 N–H and O–H groups in total. The molecule has 1 saturated heterocycles. The van der Waals surface area contributed by atoms with Gasteiger partial charge in [0.15, 0.2) is 0 Å². The van der Waals surface area contributed by atoms with Crippen LogP contribution in [0.25, 0.3) is 10.9 Å². The van der Waals surface area contributed by atoms with Gasteiger partial charge in [-0.05, 0) is 42.8 Å². The van der Waals surface area contributed by atoms with Crippen molar-refractivity contribution in [2.75, 3.05) is 13.1 Å². The van der Waals surface area contributed by atoms with Gasteiger partial charge in [-0.1, -0.05) is 25.1 Å². The van der Waals surface area contributed by atoms with Crippen LogP contribution in [-0.4, -0.2) is 22.6 Å². The number of likely N-dealkylation sites (tertiary alicyclic amines) is 1. The van der Waals surface area contributed by atoms with Gasteiger partial charge in [0, 0.05) is 31.3 Å². The van der Waals surface area contributed by atoms with E-state index in [-0.39, 0.29) is 0 Å². The Balaban J connectivity index is 1.84. The van der Waals surface area contributed by atoms with Crippen LogP contribution in [0.2, 0.25) is 0 Å². The van der Waals surface area contributed by atoms with Gasteiger partial charge in [-0.25, -0.2) is 0 Å². The number of rotatable bonds is 2. The van der Waals surface area contributed by atoms with Gasteiger partial charge >= 0.3 is 0 Å². The molecule has 0 spiro atoms. The van der Waals surface area contributed by atoms with Gasteiger partial charge in [-0.15, -0.1) is 0 Å². The lowest BCUT2D eigenvalue weighted by Gasteiger charge is -2.30. The number of hydrogen-bond acceptors (Lipinski definition) is 1. The van der Waals surface area contributed by atoms with Crippen LogP contribution in [-0.2, 0) is 13.6 Å². The van der Waals surface area contributed by atoms with E-state index in [4.69, 9.17) is 0 Å². The van der Waals surface area contributed by atoms with Crippen molar-refractivity contribution in [3.63, 3.8) is 0 Å². The third-order valence-corrected chi connectivity index (χ3v) is 4.18. The first-order chi connectivity index (χ1) is 8.74. The predicted octanol–water partition coefficient (Wildman–Crippen LogP) is 3.41. The third-order valence-electron chi connectivity index (χ3n) is 4.18. The summed E-state index contributed by atoms with van der Waals surface area (Å²) in [5.41, 5.74) is 2.78. The predicted molar refractivity (Wildman–Crippen MR) is 76.6 cm³/mol. The lowest BCUT2D eigenvalue weighted by Crippen LogP contribution is -2.34. The van der Waals surface area contributed by atoms with Gasteiger partial charge in [-0.2, -0.15) is 0 Å². The van der Waals surface area contributed by atoms with Crippen LogP contribution in [0.3, 0.4) is 0 Å². The van der Waals surface area contributed by atoms with Gasteiger partial charge in [0.1, 0.15) is 0 Å². The Labute approximate surface area is 109 Å². The molecule has 0 saturated carbocycles. The maximum absolute atomic E-state index is 2.60. The summed E-state index contributed by atoms with van der Waals surface area (Å²) in [5, 5.41) is 1.36. The van der Waals surface area contributed by atoms with Gasteiger partial charge in [0.2, 0.25) is 0 Å². The van der Waals surface area contributed by atoms with Crippen molar-refractivity contribution in [3.05, 3.63) is 36.0 Å². The van der Waals surface area contributed by atoms with Crippen molar-refractivity contribution in [2.24, 2.45) is 13.0 Å². The van der Waals surface area contributed by atoms with E-state index in [1.54, 1.807) is 0 Å². The summed E-state index contributed by atoms with van der Waals surface area (Å²) in [6.07, 6.45) is 2.75. The Kier molecular flexibility index (Phi) is 3.13. The standard InChI is InChI=1S/C16H22N2/c1-13-6-5-9-18(11-13)12-15-10-14-7-3-4-8-16(14)17(15)2/h3-4,7-8,10,13H,5-6,9,11-12H2,1-2H3/t13-/m1/s1. The summed E-state index contributed by atoms with van der Waals surface area (Å²) in [7, 11) is 2.19. The third kappa shape index (κ3) is 2.17. The minimum Gasteiger partial charge on any atom is -0.346 e. The first-order valence-electron chi connectivity index (χ1n) is 7.00. The lowest BCUT2D eigenvalue weighted by atomic mass is 10.0. The van der Waals surface area contributed by atoms with Crippen LogP contribution in [0.4, 0.5) is 0 Å². The molecule has 0 amide bonds. The van der Waals surface area contributed by atoms with Crippen LogP contribution in [0.15, 0.2) is 30.3 Å². The Bertz CT molecular complexity index is 541. The minimum atomic E-state index is 0.855. The van der Waals surface area contributed by atoms with Crippen LogP contribution < -0.4 is 0 Å². The number of aromatic nitrogens is 1. The van der Waals surface area contributed by atoms with Crippen molar-refractivity contribution < 1.29 is 0 Å². The first-order valence-corrected chi connectivity index (χ1v) is 7.00. The smallest absolute Gasteiger partial charge is 0.0480 e. The van der Waals surface area contributed by atoms with Crippen molar-refractivity contribution in [2.45, 2.75) is 26.3 Å².